The second-order valence-corrected chi connectivity index (χ2v) is 9.20. The van der Waals surface area contributed by atoms with E-state index < -0.39 is 26.2 Å². The Hall–Kier alpha value is -2.17. The van der Waals surface area contributed by atoms with Gasteiger partial charge in [0.25, 0.3) is 5.91 Å². The van der Waals surface area contributed by atoms with Gasteiger partial charge in [-0.3, -0.25) is 10.0 Å². The molecule has 26 heavy (non-hydrogen) atoms. The van der Waals surface area contributed by atoms with E-state index in [9.17, 15) is 18.4 Å². The minimum absolute atomic E-state index is 0.138. The summed E-state index contributed by atoms with van der Waals surface area (Å²) in [7, 11) is -3.71. The van der Waals surface area contributed by atoms with Crippen LogP contribution < -0.4 is 0 Å². The molecule has 1 amide bonds. The second-order valence-electron chi connectivity index (χ2n) is 6.84. The molecule has 138 valence electrons. The molecule has 2 aliphatic carbocycles. The van der Waals surface area contributed by atoms with Crippen molar-refractivity contribution in [2.45, 2.75) is 42.6 Å². The zero-order chi connectivity index (χ0) is 18.7. The predicted molar refractivity (Wildman–Crippen MR) is 96.6 cm³/mol. The predicted octanol–water partition coefficient (Wildman–Crippen LogP) is 2.45. The minimum atomic E-state index is -3.71. The van der Waals surface area contributed by atoms with Crippen molar-refractivity contribution < 1.29 is 18.4 Å². The fourth-order valence-corrected chi connectivity index (χ4v) is 5.58. The molecule has 0 aromatic carbocycles. The first-order valence-electron chi connectivity index (χ1n) is 8.83. The molecule has 1 N–H and O–H groups in total. The van der Waals surface area contributed by atoms with Crippen molar-refractivity contribution in [1.29, 1.82) is 5.26 Å². The molecule has 1 aliphatic heterocycles. The molecule has 7 heteroatoms. The third kappa shape index (κ3) is 3.67. The molecule has 0 spiro atoms. The lowest BCUT2D eigenvalue weighted by atomic mass is 9.87. The van der Waals surface area contributed by atoms with E-state index in [0.29, 0.717) is 36.3 Å². The first kappa shape index (κ1) is 18.6. The highest BCUT2D eigenvalue weighted by Crippen LogP contribution is 2.31. The average molecular weight is 374 g/mol. The Morgan fingerprint density at radius 3 is 2.58 bits per heavy atom. The number of hydrogen-bond acceptors (Lipinski definition) is 5. The highest BCUT2D eigenvalue weighted by molar-refractivity contribution is 7.93. The number of hydrogen-bond donors (Lipinski definition) is 1. The van der Waals surface area contributed by atoms with Gasteiger partial charge in [0.2, 0.25) is 0 Å². The number of hydroxylamine groups is 2. The fourth-order valence-electron chi connectivity index (χ4n) is 3.59. The van der Waals surface area contributed by atoms with Gasteiger partial charge in [0.15, 0.2) is 9.84 Å². The van der Waals surface area contributed by atoms with Gasteiger partial charge in [0.1, 0.15) is 5.25 Å². The van der Waals surface area contributed by atoms with Crippen LogP contribution in [0, 0.1) is 17.2 Å². The van der Waals surface area contributed by atoms with Gasteiger partial charge >= 0.3 is 0 Å². The molecule has 1 fully saturated rings. The van der Waals surface area contributed by atoms with E-state index in [4.69, 9.17) is 5.26 Å². The molecule has 1 heterocycles. The highest BCUT2D eigenvalue weighted by atomic mass is 32.2. The number of nitrogens with zero attached hydrogens (tertiary/aromatic N) is 2. The maximum atomic E-state index is 12.9. The molecular weight excluding hydrogens is 352 g/mol. The summed E-state index contributed by atoms with van der Waals surface area (Å²) in [4.78, 5) is 12.2. The first-order valence-corrected chi connectivity index (χ1v) is 10.4. The van der Waals surface area contributed by atoms with Crippen LogP contribution in [0.3, 0.4) is 0 Å². The Labute approximate surface area is 153 Å². The lowest BCUT2D eigenvalue weighted by Crippen LogP contribution is -2.43. The maximum absolute atomic E-state index is 12.9. The summed E-state index contributed by atoms with van der Waals surface area (Å²) in [6, 6.07) is 2.10. The first-order chi connectivity index (χ1) is 12.4. The van der Waals surface area contributed by atoms with Crippen molar-refractivity contribution in [1.82, 2.24) is 5.06 Å². The second kappa shape index (κ2) is 7.60. The molecule has 3 atom stereocenters. The number of allylic oxidation sites excluding steroid dienone is 7. The number of carbonyl (C=O) groups is 1. The zero-order valence-electron chi connectivity index (χ0n) is 14.4. The molecule has 0 radical (unpaired) electrons. The van der Waals surface area contributed by atoms with Crippen LogP contribution >= 0.6 is 0 Å². The van der Waals surface area contributed by atoms with Crippen molar-refractivity contribution in [2.75, 3.05) is 6.54 Å². The Morgan fingerprint density at radius 2 is 1.96 bits per heavy atom. The molecule has 3 unspecified atom stereocenters. The van der Waals surface area contributed by atoms with Crippen molar-refractivity contribution >= 4 is 15.7 Å². The lowest BCUT2D eigenvalue weighted by Gasteiger charge is -2.25. The fraction of sp³-hybridized carbons (Fsp3) is 0.474. The van der Waals surface area contributed by atoms with Gasteiger partial charge in [0, 0.05) is 18.0 Å². The van der Waals surface area contributed by atoms with E-state index in [2.05, 4.69) is 6.07 Å². The Kier molecular flexibility index (Phi) is 5.44. The number of sulfone groups is 1. The summed E-state index contributed by atoms with van der Waals surface area (Å²) in [6.45, 7) is 0.182. The van der Waals surface area contributed by atoms with Gasteiger partial charge in [0.05, 0.1) is 11.3 Å². The van der Waals surface area contributed by atoms with Gasteiger partial charge in [-0.15, -0.1) is 0 Å². The van der Waals surface area contributed by atoms with Crippen LogP contribution in [0.2, 0.25) is 0 Å². The topological polar surface area (TPSA) is 98.5 Å². The van der Waals surface area contributed by atoms with Gasteiger partial charge in [-0.05, 0) is 43.8 Å². The molecule has 0 aromatic heterocycles. The minimum Gasteiger partial charge on any atom is -0.286 e. The zero-order valence-corrected chi connectivity index (χ0v) is 15.2. The van der Waals surface area contributed by atoms with Gasteiger partial charge in [-0.1, -0.05) is 30.4 Å². The van der Waals surface area contributed by atoms with Crippen molar-refractivity contribution in [2.24, 2.45) is 5.92 Å². The third-order valence-electron chi connectivity index (χ3n) is 5.18. The van der Waals surface area contributed by atoms with Crippen LogP contribution in [0.25, 0.3) is 0 Å². The Balaban J connectivity index is 1.71. The summed E-state index contributed by atoms with van der Waals surface area (Å²) in [5.74, 6) is -0.575. The van der Waals surface area contributed by atoms with Gasteiger partial charge in [-0.25, -0.2) is 13.5 Å². The van der Waals surface area contributed by atoms with Gasteiger partial charge in [-0.2, -0.15) is 5.26 Å². The molecule has 0 aromatic rings. The average Bonchev–Trinajstić information content (AvgIpc) is 2.83. The molecule has 0 saturated carbocycles. The summed E-state index contributed by atoms with van der Waals surface area (Å²) in [5, 5.41) is 17.2. The van der Waals surface area contributed by atoms with E-state index in [1.54, 1.807) is 12.2 Å². The number of carbonyl (C=O) groups excluding carboxylic acids is 1. The maximum Gasteiger partial charge on any atom is 0.264 e. The van der Waals surface area contributed by atoms with Gasteiger partial charge < -0.3 is 0 Å². The Morgan fingerprint density at radius 1 is 1.15 bits per heavy atom. The van der Waals surface area contributed by atoms with E-state index in [0.717, 1.165) is 5.57 Å². The molecular formula is C19H22N2O4S. The van der Waals surface area contributed by atoms with Crippen molar-refractivity contribution in [3.63, 3.8) is 0 Å². The number of amides is 1. The summed E-state index contributed by atoms with van der Waals surface area (Å²) < 4.78 is 25.8. The van der Waals surface area contributed by atoms with Crippen molar-refractivity contribution in [3.8, 4) is 6.07 Å². The largest absolute Gasteiger partial charge is 0.286 e. The molecule has 3 aliphatic rings. The highest BCUT2D eigenvalue weighted by Gasteiger charge is 2.40. The number of rotatable bonds is 3. The monoisotopic (exact) mass is 374 g/mol. The van der Waals surface area contributed by atoms with E-state index in [1.807, 2.05) is 24.3 Å². The number of nitriles is 1. The van der Waals surface area contributed by atoms with Crippen LogP contribution in [-0.2, 0) is 14.6 Å². The van der Waals surface area contributed by atoms with E-state index >= 15 is 0 Å². The molecule has 3 rings (SSSR count). The van der Waals surface area contributed by atoms with Crippen LogP contribution in [0.1, 0.15) is 32.1 Å². The van der Waals surface area contributed by atoms with Crippen LogP contribution in [0.15, 0.2) is 47.6 Å². The Bertz CT molecular complexity index is 845. The third-order valence-corrected chi connectivity index (χ3v) is 7.60. The molecule has 0 bridgehead atoms. The van der Waals surface area contributed by atoms with Crippen LogP contribution in [0.5, 0.6) is 0 Å². The summed E-state index contributed by atoms with van der Waals surface area (Å²) in [5.41, 5.74) is 1.67. The van der Waals surface area contributed by atoms with Crippen LogP contribution in [-0.4, -0.2) is 41.6 Å². The quantitative estimate of drug-likeness (QED) is 0.765. The van der Waals surface area contributed by atoms with Crippen LogP contribution in [0.4, 0.5) is 0 Å². The van der Waals surface area contributed by atoms with Crippen molar-refractivity contribution in [3.05, 3.63) is 47.6 Å². The summed E-state index contributed by atoms with van der Waals surface area (Å²) in [6.07, 6.45) is 13.5. The lowest BCUT2D eigenvalue weighted by molar-refractivity contribution is -0.163. The summed E-state index contributed by atoms with van der Waals surface area (Å²) >= 11 is 0. The smallest absolute Gasteiger partial charge is 0.264 e. The molecule has 1 saturated heterocycles. The molecule has 6 nitrogen and oxygen atoms in total. The normalized spacial score (nSPS) is 29.6. The SMILES string of the molecule is N#CC1=CCC(C2=CCC(S(=O)(=O)C3CCCCN(O)C3=O)C=C2)C=C1. The van der Waals surface area contributed by atoms with E-state index in [-0.39, 0.29) is 18.9 Å². The van der Waals surface area contributed by atoms with E-state index in [1.165, 1.54) is 0 Å². The standard InChI is InChI=1S/C19H22N2O4S/c20-13-14-4-6-15(7-5-14)16-8-10-17(11-9-16)26(24,25)18-3-1-2-12-21(23)19(18)22/h4-6,8-10,15,17-18,23H,1-3,7,11-12H2.